The van der Waals surface area contributed by atoms with Crippen molar-refractivity contribution in [1.29, 1.82) is 0 Å². The topological polar surface area (TPSA) is 122 Å². The molecule has 1 saturated carbocycles. The SMILES string of the molecule is C[C@@H]1CCCCO[C@@H](CN(C)CC2CC2)[C@@H](C)CN([C@H](C)CO)C(=O)c2cc(NC(=O)Nc3ccc4c(c3)OCO4)ccc2O1. The third-order valence-corrected chi connectivity index (χ3v) is 8.70. The zero-order valence-electron chi connectivity index (χ0n) is 26.9. The van der Waals surface area contributed by atoms with Crippen LogP contribution in [0.4, 0.5) is 16.2 Å². The van der Waals surface area contributed by atoms with Gasteiger partial charge in [0.25, 0.3) is 5.91 Å². The lowest BCUT2D eigenvalue weighted by molar-refractivity contribution is -0.0172. The number of aliphatic hydroxyl groups is 1. The van der Waals surface area contributed by atoms with Gasteiger partial charge in [0.15, 0.2) is 11.5 Å². The predicted octanol–water partition coefficient (Wildman–Crippen LogP) is 5.20. The number of benzene rings is 2. The van der Waals surface area contributed by atoms with Gasteiger partial charge in [-0.2, -0.15) is 0 Å². The smallest absolute Gasteiger partial charge is 0.323 e. The molecule has 0 spiro atoms. The molecule has 1 aliphatic carbocycles. The number of carbonyl (C=O) groups is 2. The molecule has 0 saturated heterocycles. The molecule has 2 aromatic rings. The van der Waals surface area contributed by atoms with Crippen LogP contribution < -0.4 is 24.8 Å². The number of carbonyl (C=O) groups excluding carboxylic acids is 2. The number of hydrogen-bond acceptors (Lipinski definition) is 8. The number of anilines is 2. The molecule has 246 valence electrons. The molecule has 0 aromatic heterocycles. The van der Waals surface area contributed by atoms with E-state index in [-0.39, 0.29) is 37.4 Å². The Morgan fingerprint density at radius 2 is 1.71 bits per heavy atom. The number of aliphatic hydroxyl groups excluding tert-OH is 1. The van der Waals surface area contributed by atoms with Gasteiger partial charge in [-0.3, -0.25) is 4.79 Å². The Hall–Kier alpha value is -3.54. The summed E-state index contributed by atoms with van der Waals surface area (Å²) >= 11 is 0. The van der Waals surface area contributed by atoms with E-state index in [9.17, 15) is 14.7 Å². The molecule has 0 bridgehead atoms. The van der Waals surface area contributed by atoms with E-state index in [1.54, 1.807) is 41.3 Å². The van der Waals surface area contributed by atoms with Gasteiger partial charge >= 0.3 is 6.03 Å². The first-order chi connectivity index (χ1) is 21.7. The third-order valence-electron chi connectivity index (χ3n) is 8.70. The summed E-state index contributed by atoms with van der Waals surface area (Å²) < 4.78 is 23.5. The molecule has 45 heavy (non-hydrogen) atoms. The minimum atomic E-state index is -0.471. The summed E-state index contributed by atoms with van der Waals surface area (Å²) in [6.45, 7) is 8.81. The van der Waals surface area contributed by atoms with Crippen LogP contribution in [0.3, 0.4) is 0 Å². The van der Waals surface area contributed by atoms with Crippen LogP contribution in [-0.2, 0) is 4.74 Å². The van der Waals surface area contributed by atoms with Crippen LogP contribution in [0.25, 0.3) is 0 Å². The maximum atomic E-state index is 14.3. The van der Waals surface area contributed by atoms with Crippen LogP contribution in [0, 0.1) is 11.8 Å². The highest BCUT2D eigenvalue weighted by Crippen LogP contribution is 2.34. The van der Waals surface area contributed by atoms with E-state index in [2.05, 4.69) is 29.5 Å². The van der Waals surface area contributed by atoms with Crippen LogP contribution in [0.1, 0.15) is 63.2 Å². The number of ether oxygens (including phenoxy) is 4. The number of rotatable bonds is 8. The summed E-state index contributed by atoms with van der Waals surface area (Å²) in [5, 5.41) is 15.8. The molecule has 2 aliphatic heterocycles. The van der Waals surface area contributed by atoms with E-state index < -0.39 is 12.1 Å². The van der Waals surface area contributed by atoms with Gasteiger partial charge in [0.2, 0.25) is 6.79 Å². The van der Waals surface area contributed by atoms with E-state index in [0.717, 1.165) is 38.3 Å². The van der Waals surface area contributed by atoms with Gasteiger partial charge in [-0.25, -0.2) is 4.79 Å². The maximum absolute atomic E-state index is 14.3. The molecule has 4 atom stereocenters. The van der Waals surface area contributed by atoms with Gasteiger partial charge in [0.1, 0.15) is 5.75 Å². The molecule has 3 amide bonds. The first-order valence-electron chi connectivity index (χ1n) is 16.2. The summed E-state index contributed by atoms with van der Waals surface area (Å²) in [6, 6.07) is 9.35. The normalized spacial score (nSPS) is 23.1. The van der Waals surface area contributed by atoms with Crippen LogP contribution in [0.15, 0.2) is 36.4 Å². The first-order valence-corrected chi connectivity index (χ1v) is 16.2. The second kappa shape index (κ2) is 15.2. The zero-order valence-corrected chi connectivity index (χ0v) is 26.9. The molecule has 0 radical (unpaired) electrons. The minimum Gasteiger partial charge on any atom is -0.490 e. The van der Waals surface area contributed by atoms with Crippen LogP contribution in [-0.4, -0.2) is 91.8 Å². The van der Waals surface area contributed by atoms with Crippen LogP contribution >= 0.6 is 0 Å². The first kappa shape index (κ1) is 32.8. The molecule has 2 aromatic carbocycles. The minimum absolute atomic E-state index is 0.0182. The van der Waals surface area contributed by atoms with E-state index in [1.165, 1.54) is 12.8 Å². The highest BCUT2D eigenvalue weighted by Gasteiger charge is 2.31. The lowest BCUT2D eigenvalue weighted by atomic mass is 10.0. The Labute approximate surface area is 266 Å². The Kier molecular flexibility index (Phi) is 11.1. The fourth-order valence-electron chi connectivity index (χ4n) is 5.85. The molecule has 11 nitrogen and oxygen atoms in total. The summed E-state index contributed by atoms with van der Waals surface area (Å²) in [7, 11) is 2.14. The van der Waals surface area contributed by atoms with E-state index in [4.69, 9.17) is 18.9 Å². The van der Waals surface area contributed by atoms with E-state index in [0.29, 0.717) is 47.3 Å². The van der Waals surface area contributed by atoms with E-state index in [1.807, 2.05) is 13.8 Å². The fraction of sp³-hybridized carbons (Fsp3) is 0.588. The summed E-state index contributed by atoms with van der Waals surface area (Å²) in [5.74, 6) is 2.16. The Morgan fingerprint density at radius 3 is 2.44 bits per heavy atom. The molecule has 1 fully saturated rings. The van der Waals surface area contributed by atoms with Crippen LogP contribution in [0.5, 0.6) is 17.2 Å². The van der Waals surface area contributed by atoms with Crippen molar-refractivity contribution in [3.63, 3.8) is 0 Å². The highest BCUT2D eigenvalue weighted by atomic mass is 16.7. The average molecular weight is 625 g/mol. The summed E-state index contributed by atoms with van der Waals surface area (Å²) in [5.41, 5.74) is 1.31. The van der Waals surface area contributed by atoms with Crippen molar-refractivity contribution in [1.82, 2.24) is 9.80 Å². The molecular weight excluding hydrogens is 576 g/mol. The van der Waals surface area contributed by atoms with Gasteiger partial charge < -0.3 is 44.5 Å². The van der Waals surface area contributed by atoms with Crippen molar-refractivity contribution < 1.29 is 33.6 Å². The molecule has 3 N–H and O–H groups in total. The summed E-state index contributed by atoms with van der Waals surface area (Å²) in [4.78, 5) is 31.3. The van der Waals surface area contributed by atoms with Gasteiger partial charge in [-0.05, 0) is 89.2 Å². The molecule has 11 heteroatoms. The number of fused-ring (bicyclic) bond motifs is 2. The van der Waals surface area contributed by atoms with Gasteiger partial charge in [0.05, 0.1) is 30.4 Å². The van der Waals surface area contributed by atoms with Crippen molar-refractivity contribution in [2.75, 3.05) is 57.3 Å². The zero-order chi connectivity index (χ0) is 31.9. The van der Waals surface area contributed by atoms with Crippen LogP contribution in [0.2, 0.25) is 0 Å². The van der Waals surface area contributed by atoms with Crippen molar-refractivity contribution in [2.45, 2.75) is 71.1 Å². The quantitative estimate of drug-likeness (QED) is 0.367. The van der Waals surface area contributed by atoms with Crippen molar-refractivity contribution in [3.05, 3.63) is 42.0 Å². The van der Waals surface area contributed by atoms with Crippen molar-refractivity contribution in [2.24, 2.45) is 11.8 Å². The number of nitrogens with zero attached hydrogens (tertiary/aromatic N) is 2. The second-order valence-corrected chi connectivity index (χ2v) is 12.8. The Balaban J connectivity index is 1.37. The van der Waals surface area contributed by atoms with Crippen molar-refractivity contribution >= 4 is 23.3 Å². The Bertz CT molecular complexity index is 1320. The predicted molar refractivity (Wildman–Crippen MR) is 172 cm³/mol. The molecular formula is C34H48N4O7. The number of likely N-dealkylation sites (N-methyl/N-ethyl adjacent to an activating group) is 1. The largest absolute Gasteiger partial charge is 0.490 e. The lowest BCUT2D eigenvalue weighted by Gasteiger charge is -2.36. The number of hydrogen-bond donors (Lipinski definition) is 3. The lowest BCUT2D eigenvalue weighted by Crippen LogP contribution is -2.47. The third kappa shape index (κ3) is 9.02. The highest BCUT2D eigenvalue weighted by molar-refractivity contribution is 6.02. The van der Waals surface area contributed by atoms with E-state index >= 15 is 0 Å². The molecule has 3 aliphatic rings. The molecule has 2 heterocycles. The fourth-order valence-corrected chi connectivity index (χ4v) is 5.85. The maximum Gasteiger partial charge on any atom is 0.323 e. The standard InChI is InChI=1S/C34H48N4O7/c1-22-17-38(23(2)20-39)33(40)28-15-26(35-34(41)36-27-11-13-30-31(16-27)44-21-43-30)10-12-29(28)45-24(3)7-5-6-14-42-32(22)19-37(4)18-25-8-9-25/h10-13,15-16,22-25,32,39H,5-9,14,17-21H2,1-4H3,(H2,35,36,41)/t22-,23+,24+,32-/m0/s1. The van der Waals surface area contributed by atoms with Crippen molar-refractivity contribution in [3.8, 4) is 17.2 Å². The summed E-state index contributed by atoms with van der Waals surface area (Å²) in [6.07, 6.45) is 5.07. The average Bonchev–Trinajstić information content (AvgIpc) is 3.70. The van der Waals surface area contributed by atoms with Gasteiger partial charge in [0, 0.05) is 49.6 Å². The number of urea groups is 1. The second-order valence-electron chi connectivity index (χ2n) is 12.8. The monoisotopic (exact) mass is 624 g/mol. The van der Waals surface area contributed by atoms with Gasteiger partial charge in [-0.1, -0.05) is 6.92 Å². The Morgan fingerprint density at radius 1 is 1.00 bits per heavy atom. The van der Waals surface area contributed by atoms with Gasteiger partial charge in [-0.15, -0.1) is 0 Å². The number of nitrogens with one attached hydrogen (secondary N) is 2. The molecule has 5 rings (SSSR count). The number of amides is 3. The molecule has 0 unspecified atom stereocenters.